The predicted octanol–water partition coefficient (Wildman–Crippen LogP) is 6.64. The Balaban J connectivity index is 1.73. The summed E-state index contributed by atoms with van der Waals surface area (Å²) < 4.78 is 14.0. The van der Waals surface area contributed by atoms with Crippen molar-refractivity contribution in [1.82, 2.24) is 0 Å². The minimum atomic E-state index is 0.521. The topological polar surface area (TPSA) is 30.5 Å². The zero-order valence-corrected chi connectivity index (χ0v) is 18.8. The van der Waals surface area contributed by atoms with Gasteiger partial charge in [-0.2, -0.15) is 0 Å². The van der Waals surface area contributed by atoms with Gasteiger partial charge in [0.05, 0.1) is 10.2 Å². The number of anilines is 1. The van der Waals surface area contributed by atoms with E-state index >= 15 is 0 Å². The summed E-state index contributed by atoms with van der Waals surface area (Å²) in [6.07, 6.45) is 0. The third-order valence-electron chi connectivity index (χ3n) is 3.94. The number of hydrogen-bond acceptors (Lipinski definition) is 3. The molecule has 0 radical (unpaired) electrons. The van der Waals surface area contributed by atoms with Crippen LogP contribution >= 0.6 is 38.5 Å². The zero-order valence-electron chi connectivity index (χ0n) is 15.0. The van der Waals surface area contributed by atoms with Gasteiger partial charge in [0.15, 0.2) is 11.5 Å². The summed E-state index contributed by atoms with van der Waals surface area (Å²) in [6, 6.07) is 22.5. The van der Waals surface area contributed by atoms with Crippen molar-refractivity contribution in [2.45, 2.75) is 20.1 Å². The van der Waals surface area contributed by atoms with Crippen molar-refractivity contribution >= 4 is 44.2 Å². The summed E-state index contributed by atoms with van der Waals surface area (Å²) in [4.78, 5) is 0. The SMILES string of the molecule is CCOc1cc(CNc2ccc(Br)cc2)cc(I)c1OCc1ccccc1. The second-order valence-electron chi connectivity index (χ2n) is 5.97. The number of halogens is 2. The molecule has 0 spiro atoms. The molecule has 0 amide bonds. The van der Waals surface area contributed by atoms with E-state index in [1.54, 1.807) is 0 Å². The first kappa shape index (κ1) is 20.0. The molecule has 27 heavy (non-hydrogen) atoms. The minimum absolute atomic E-state index is 0.521. The Labute approximate surface area is 182 Å². The normalized spacial score (nSPS) is 10.5. The third kappa shape index (κ3) is 5.87. The molecule has 3 rings (SSSR count). The summed E-state index contributed by atoms with van der Waals surface area (Å²) in [5.41, 5.74) is 3.37. The second kappa shape index (κ2) is 9.99. The Morgan fingerprint density at radius 3 is 2.37 bits per heavy atom. The average Bonchev–Trinajstić information content (AvgIpc) is 2.68. The molecule has 0 aliphatic carbocycles. The summed E-state index contributed by atoms with van der Waals surface area (Å²) >= 11 is 5.77. The van der Waals surface area contributed by atoms with Gasteiger partial charge in [-0.1, -0.05) is 46.3 Å². The molecule has 0 unspecified atom stereocenters. The lowest BCUT2D eigenvalue weighted by Gasteiger charge is -2.16. The van der Waals surface area contributed by atoms with E-state index in [1.165, 1.54) is 0 Å². The van der Waals surface area contributed by atoms with E-state index in [0.717, 1.165) is 42.9 Å². The van der Waals surface area contributed by atoms with Crippen molar-refractivity contribution in [3.63, 3.8) is 0 Å². The summed E-state index contributed by atoms with van der Waals surface area (Å²) in [7, 11) is 0. The van der Waals surface area contributed by atoms with E-state index in [2.05, 4.69) is 80.2 Å². The molecule has 0 fully saturated rings. The predicted molar refractivity (Wildman–Crippen MR) is 123 cm³/mol. The fraction of sp³-hybridized carbons (Fsp3) is 0.182. The quantitative estimate of drug-likeness (QED) is 0.326. The van der Waals surface area contributed by atoms with E-state index in [9.17, 15) is 0 Å². The van der Waals surface area contributed by atoms with Crippen LogP contribution < -0.4 is 14.8 Å². The first-order valence-corrected chi connectivity index (χ1v) is 10.6. The van der Waals surface area contributed by atoms with Crippen LogP contribution in [-0.4, -0.2) is 6.61 Å². The molecule has 3 aromatic rings. The van der Waals surface area contributed by atoms with Crippen LogP contribution in [0.15, 0.2) is 71.2 Å². The molecular formula is C22H21BrINO2. The highest BCUT2D eigenvalue weighted by molar-refractivity contribution is 14.1. The smallest absolute Gasteiger partial charge is 0.174 e. The molecule has 140 valence electrons. The number of nitrogens with one attached hydrogen (secondary N) is 1. The number of benzene rings is 3. The molecule has 3 nitrogen and oxygen atoms in total. The number of rotatable bonds is 8. The standard InChI is InChI=1S/C22H21BrINO2/c1-2-26-21-13-17(14-25-19-10-8-18(23)9-11-19)12-20(24)22(21)27-15-16-6-4-3-5-7-16/h3-13,25H,2,14-15H2,1H3. The third-order valence-corrected chi connectivity index (χ3v) is 5.27. The molecule has 0 aliphatic rings. The van der Waals surface area contributed by atoms with Crippen molar-refractivity contribution in [1.29, 1.82) is 0 Å². The molecule has 3 aromatic carbocycles. The molecule has 5 heteroatoms. The molecule has 1 N–H and O–H groups in total. The van der Waals surface area contributed by atoms with Crippen LogP contribution in [0.25, 0.3) is 0 Å². The lowest BCUT2D eigenvalue weighted by atomic mass is 10.2. The van der Waals surface area contributed by atoms with Crippen molar-refractivity contribution in [3.8, 4) is 11.5 Å². The van der Waals surface area contributed by atoms with Gasteiger partial charge in [0.1, 0.15) is 6.61 Å². The van der Waals surface area contributed by atoms with E-state index in [-0.39, 0.29) is 0 Å². The van der Waals surface area contributed by atoms with Crippen LogP contribution in [-0.2, 0) is 13.2 Å². The van der Waals surface area contributed by atoms with Gasteiger partial charge in [-0.05, 0) is 77.0 Å². The van der Waals surface area contributed by atoms with E-state index in [1.807, 2.05) is 37.3 Å². The molecule has 0 saturated carbocycles. The van der Waals surface area contributed by atoms with Gasteiger partial charge in [0.25, 0.3) is 0 Å². The largest absolute Gasteiger partial charge is 0.490 e. The van der Waals surface area contributed by atoms with Crippen LogP contribution in [0.4, 0.5) is 5.69 Å². The Morgan fingerprint density at radius 2 is 1.67 bits per heavy atom. The van der Waals surface area contributed by atoms with Gasteiger partial charge in [0.2, 0.25) is 0 Å². The van der Waals surface area contributed by atoms with Crippen molar-refractivity contribution < 1.29 is 9.47 Å². The zero-order chi connectivity index (χ0) is 19.1. The maximum atomic E-state index is 6.08. The second-order valence-corrected chi connectivity index (χ2v) is 8.05. The highest BCUT2D eigenvalue weighted by Crippen LogP contribution is 2.35. The van der Waals surface area contributed by atoms with Crippen molar-refractivity contribution in [3.05, 3.63) is 85.9 Å². The van der Waals surface area contributed by atoms with Crippen LogP contribution in [0, 0.1) is 3.57 Å². The maximum Gasteiger partial charge on any atom is 0.174 e. The minimum Gasteiger partial charge on any atom is -0.490 e. The number of hydrogen-bond donors (Lipinski definition) is 1. The van der Waals surface area contributed by atoms with Gasteiger partial charge in [-0.15, -0.1) is 0 Å². The molecule has 0 saturated heterocycles. The molecule has 0 heterocycles. The molecule has 0 atom stereocenters. The van der Waals surface area contributed by atoms with E-state index < -0.39 is 0 Å². The van der Waals surface area contributed by atoms with E-state index in [0.29, 0.717) is 13.2 Å². The molecule has 0 bridgehead atoms. The first-order chi connectivity index (χ1) is 13.2. The average molecular weight is 538 g/mol. The highest BCUT2D eigenvalue weighted by atomic mass is 127. The van der Waals surface area contributed by atoms with Gasteiger partial charge >= 0.3 is 0 Å². The Bertz CT molecular complexity index is 869. The summed E-state index contributed by atoms with van der Waals surface area (Å²) in [5.74, 6) is 1.58. The molecular weight excluding hydrogens is 517 g/mol. The van der Waals surface area contributed by atoms with Crippen LogP contribution in [0.2, 0.25) is 0 Å². The molecule has 0 aromatic heterocycles. The van der Waals surface area contributed by atoms with E-state index in [4.69, 9.17) is 9.47 Å². The Kier molecular flexibility index (Phi) is 7.41. The fourth-order valence-electron chi connectivity index (χ4n) is 2.63. The van der Waals surface area contributed by atoms with Crippen LogP contribution in [0.5, 0.6) is 11.5 Å². The van der Waals surface area contributed by atoms with Gasteiger partial charge in [-0.25, -0.2) is 0 Å². The van der Waals surface area contributed by atoms with Gasteiger partial charge in [-0.3, -0.25) is 0 Å². The van der Waals surface area contributed by atoms with Gasteiger partial charge < -0.3 is 14.8 Å². The Hall–Kier alpha value is -1.73. The number of ether oxygens (including phenoxy) is 2. The van der Waals surface area contributed by atoms with Crippen molar-refractivity contribution in [2.24, 2.45) is 0 Å². The first-order valence-electron chi connectivity index (χ1n) is 8.77. The van der Waals surface area contributed by atoms with Crippen LogP contribution in [0.1, 0.15) is 18.1 Å². The monoisotopic (exact) mass is 537 g/mol. The highest BCUT2D eigenvalue weighted by Gasteiger charge is 2.12. The molecule has 0 aliphatic heterocycles. The van der Waals surface area contributed by atoms with Crippen LogP contribution in [0.3, 0.4) is 0 Å². The van der Waals surface area contributed by atoms with Gasteiger partial charge in [0, 0.05) is 16.7 Å². The van der Waals surface area contributed by atoms with Crippen molar-refractivity contribution in [2.75, 3.05) is 11.9 Å². The Morgan fingerprint density at radius 1 is 0.926 bits per heavy atom. The summed E-state index contributed by atoms with van der Waals surface area (Å²) in [6.45, 7) is 3.83. The maximum absolute atomic E-state index is 6.08. The lowest BCUT2D eigenvalue weighted by Crippen LogP contribution is -2.05. The fourth-order valence-corrected chi connectivity index (χ4v) is 3.71. The lowest BCUT2D eigenvalue weighted by molar-refractivity contribution is 0.267. The summed E-state index contributed by atoms with van der Waals surface area (Å²) in [5, 5.41) is 3.44.